The number of methoxy groups -OCH3 is 1. The molecule has 1 atom stereocenters. The highest BCUT2D eigenvalue weighted by Gasteiger charge is 2.36. The minimum atomic E-state index is -3.88. The first kappa shape index (κ1) is 25.2. The molecule has 4 rings (SSSR count). The Morgan fingerprint density at radius 1 is 1.00 bits per heavy atom. The van der Waals surface area contributed by atoms with Crippen molar-refractivity contribution in [3.05, 3.63) is 95.0 Å². The number of amides is 1. The van der Waals surface area contributed by atoms with Gasteiger partial charge in [0.05, 0.1) is 13.0 Å². The summed E-state index contributed by atoms with van der Waals surface area (Å²) < 4.78 is 33.7. The molecule has 0 bridgehead atoms. The molecule has 1 fully saturated rings. The monoisotopic (exact) mass is 512 g/mol. The van der Waals surface area contributed by atoms with Gasteiger partial charge in [0.25, 0.3) is 0 Å². The third-order valence-corrected chi connectivity index (χ3v) is 8.34. The molecule has 3 aromatic carbocycles. The third-order valence-electron chi connectivity index (χ3n) is 6.22. The largest absolute Gasteiger partial charge is 0.495 e. The van der Waals surface area contributed by atoms with Gasteiger partial charge in [0.2, 0.25) is 15.9 Å². The van der Waals surface area contributed by atoms with Crippen LogP contribution in [0.2, 0.25) is 5.02 Å². The van der Waals surface area contributed by atoms with E-state index in [2.05, 4.69) is 0 Å². The standard InChI is InChI=1S/C27H29ClN2O4S/c1-34-25-15-14-24(28)17-26(25)35(32,33)30-16-8-13-23(20-30)27(31)29(18-21-9-4-2-5-10-21)19-22-11-6-3-7-12-22/h2-7,9-12,14-15,17,23H,8,13,16,18-20H2,1H3/t23-/m1/s1. The lowest BCUT2D eigenvalue weighted by atomic mass is 9.97. The predicted octanol–water partition coefficient (Wildman–Crippen LogP) is 4.98. The van der Waals surface area contributed by atoms with Crippen molar-refractivity contribution in [1.29, 1.82) is 0 Å². The number of hydrogen-bond acceptors (Lipinski definition) is 4. The molecule has 3 aromatic rings. The average molecular weight is 513 g/mol. The zero-order chi connectivity index (χ0) is 24.8. The number of nitrogens with zero attached hydrogens (tertiary/aromatic N) is 2. The van der Waals surface area contributed by atoms with Gasteiger partial charge in [-0.1, -0.05) is 72.3 Å². The van der Waals surface area contributed by atoms with Crippen molar-refractivity contribution in [2.75, 3.05) is 20.2 Å². The summed E-state index contributed by atoms with van der Waals surface area (Å²) in [6.45, 7) is 1.38. The van der Waals surface area contributed by atoms with Gasteiger partial charge in [0.15, 0.2) is 0 Å². The highest BCUT2D eigenvalue weighted by atomic mass is 35.5. The molecule has 0 spiro atoms. The molecule has 1 saturated heterocycles. The summed E-state index contributed by atoms with van der Waals surface area (Å²) in [7, 11) is -2.46. The zero-order valence-corrected chi connectivity index (χ0v) is 21.2. The Kier molecular flexibility index (Phi) is 8.11. The second-order valence-corrected chi connectivity index (χ2v) is 11.0. The van der Waals surface area contributed by atoms with E-state index in [-0.39, 0.29) is 23.1 Å². The normalized spacial score (nSPS) is 16.6. The molecule has 0 saturated carbocycles. The lowest BCUT2D eigenvalue weighted by Crippen LogP contribution is -2.46. The van der Waals surface area contributed by atoms with Crippen LogP contribution in [0.3, 0.4) is 0 Å². The Morgan fingerprint density at radius 2 is 1.60 bits per heavy atom. The summed E-state index contributed by atoms with van der Waals surface area (Å²) in [5, 5.41) is 0.311. The molecule has 6 nitrogen and oxygen atoms in total. The summed E-state index contributed by atoms with van der Waals surface area (Å²) in [4.78, 5) is 15.6. The molecule has 0 unspecified atom stereocenters. The fourth-order valence-electron chi connectivity index (χ4n) is 4.43. The van der Waals surface area contributed by atoms with E-state index in [0.29, 0.717) is 37.5 Å². The second-order valence-electron chi connectivity index (χ2n) is 8.66. The van der Waals surface area contributed by atoms with Crippen molar-refractivity contribution in [3.8, 4) is 5.75 Å². The number of rotatable bonds is 8. The van der Waals surface area contributed by atoms with Crippen LogP contribution in [0, 0.1) is 5.92 Å². The first-order valence-corrected chi connectivity index (χ1v) is 13.4. The third kappa shape index (κ3) is 6.04. The molecular weight excluding hydrogens is 484 g/mol. The summed E-state index contributed by atoms with van der Waals surface area (Å²) >= 11 is 6.09. The molecule has 184 valence electrons. The number of carbonyl (C=O) groups is 1. The lowest BCUT2D eigenvalue weighted by molar-refractivity contribution is -0.138. The Bertz CT molecular complexity index is 1210. The number of piperidine rings is 1. The van der Waals surface area contributed by atoms with Gasteiger partial charge in [-0.25, -0.2) is 8.42 Å². The molecule has 8 heteroatoms. The average Bonchev–Trinajstić information content (AvgIpc) is 2.89. The topological polar surface area (TPSA) is 66.9 Å². The summed E-state index contributed by atoms with van der Waals surface area (Å²) in [6.07, 6.45) is 1.24. The number of sulfonamides is 1. The van der Waals surface area contributed by atoms with Gasteiger partial charge < -0.3 is 9.64 Å². The Labute approximate surface area is 212 Å². The molecule has 0 radical (unpaired) electrons. The van der Waals surface area contributed by atoms with E-state index in [1.165, 1.54) is 17.5 Å². The molecule has 0 N–H and O–H groups in total. The maximum atomic E-state index is 13.8. The quantitative estimate of drug-likeness (QED) is 0.427. The predicted molar refractivity (Wildman–Crippen MR) is 137 cm³/mol. The fourth-order valence-corrected chi connectivity index (χ4v) is 6.37. The Hall–Kier alpha value is -2.87. The highest BCUT2D eigenvalue weighted by Crippen LogP contribution is 2.32. The summed E-state index contributed by atoms with van der Waals surface area (Å²) in [5.74, 6) is -0.246. The van der Waals surface area contributed by atoms with Crippen LogP contribution in [0.25, 0.3) is 0 Å². The van der Waals surface area contributed by atoms with Crippen molar-refractivity contribution < 1.29 is 17.9 Å². The Morgan fingerprint density at radius 3 is 2.17 bits per heavy atom. The molecule has 1 aliphatic heterocycles. The van der Waals surface area contributed by atoms with E-state index in [4.69, 9.17) is 16.3 Å². The number of benzene rings is 3. The first-order chi connectivity index (χ1) is 16.9. The SMILES string of the molecule is COc1ccc(Cl)cc1S(=O)(=O)N1CCC[C@@H](C(=O)N(Cc2ccccc2)Cc2ccccc2)C1. The van der Waals surface area contributed by atoms with Crippen LogP contribution in [0.5, 0.6) is 5.75 Å². The minimum Gasteiger partial charge on any atom is -0.495 e. The molecule has 1 aliphatic rings. The van der Waals surface area contributed by atoms with Crippen LogP contribution < -0.4 is 4.74 Å². The van der Waals surface area contributed by atoms with Crippen LogP contribution in [-0.4, -0.2) is 43.7 Å². The Balaban J connectivity index is 1.57. The molecule has 0 aromatic heterocycles. The van der Waals surface area contributed by atoms with Crippen LogP contribution >= 0.6 is 11.6 Å². The van der Waals surface area contributed by atoms with Gasteiger partial charge >= 0.3 is 0 Å². The number of carbonyl (C=O) groups excluding carboxylic acids is 1. The molecule has 0 aliphatic carbocycles. The number of halogens is 1. The zero-order valence-electron chi connectivity index (χ0n) is 19.6. The van der Waals surface area contributed by atoms with Crippen LogP contribution in [0.15, 0.2) is 83.8 Å². The van der Waals surface area contributed by atoms with Gasteiger partial charge in [0.1, 0.15) is 10.6 Å². The van der Waals surface area contributed by atoms with Crippen LogP contribution in [0.1, 0.15) is 24.0 Å². The first-order valence-electron chi connectivity index (χ1n) is 11.6. The van der Waals surface area contributed by atoms with Crippen molar-refractivity contribution in [2.24, 2.45) is 5.92 Å². The van der Waals surface area contributed by atoms with E-state index < -0.39 is 15.9 Å². The van der Waals surface area contributed by atoms with Gasteiger partial charge in [-0.2, -0.15) is 4.31 Å². The van der Waals surface area contributed by atoms with Gasteiger partial charge in [0, 0.05) is 31.2 Å². The smallest absolute Gasteiger partial charge is 0.246 e. The summed E-state index contributed by atoms with van der Waals surface area (Å²) in [6, 6.07) is 24.2. The van der Waals surface area contributed by atoms with Gasteiger partial charge in [-0.05, 0) is 42.2 Å². The van der Waals surface area contributed by atoms with Crippen molar-refractivity contribution in [1.82, 2.24) is 9.21 Å². The van der Waals surface area contributed by atoms with Crippen LogP contribution in [-0.2, 0) is 27.9 Å². The summed E-state index contributed by atoms with van der Waals surface area (Å²) in [5.41, 5.74) is 2.06. The molecular formula is C27H29ClN2O4S. The van der Waals surface area contributed by atoms with E-state index in [1.807, 2.05) is 65.6 Å². The van der Waals surface area contributed by atoms with E-state index >= 15 is 0 Å². The number of ether oxygens (including phenoxy) is 1. The van der Waals surface area contributed by atoms with Crippen LogP contribution in [0.4, 0.5) is 0 Å². The molecule has 1 amide bonds. The highest BCUT2D eigenvalue weighted by molar-refractivity contribution is 7.89. The molecule has 35 heavy (non-hydrogen) atoms. The van der Waals surface area contributed by atoms with E-state index in [0.717, 1.165) is 11.1 Å². The lowest BCUT2D eigenvalue weighted by Gasteiger charge is -2.34. The maximum Gasteiger partial charge on any atom is 0.246 e. The molecule has 1 heterocycles. The van der Waals surface area contributed by atoms with E-state index in [9.17, 15) is 13.2 Å². The second kappa shape index (κ2) is 11.2. The fraction of sp³-hybridized carbons (Fsp3) is 0.296. The number of hydrogen-bond donors (Lipinski definition) is 0. The van der Waals surface area contributed by atoms with Crippen molar-refractivity contribution >= 4 is 27.5 Å². The van der Waals surface area contributed by atoms with Crippen molar-refractivity contribution in [3.63, 3.8) is 0 Å². The van der Waals surface area contributed by atoms with Gasteiger partial charge in [-0.3, -0.25) is 4.79 Å². The van der Waals surface area contributed by atoms with Crippen molar-refractivity contribution in [2.45, 2.75) is 30.8 Å². The maximum absolute atomic E-state index is 13.8. The van der Waals surface area contributed by atoms with E-state index in [1.54, 1.807) is 12.1 Å². The van der Waals surface area contributed by atoms with Gasteiger partial charge in [-0.15, -0.1) is 0 Å². The minimum absolute atomic E-state index is 0.0195.